The van der Waals surface area contributed by atoms with Gasteiger partial charge in [-0.05, 0) is 32.1 Å². The van der Waals surface area contributed by atoms with Crippen molar-refractivity contribution >= 4 is 13.8 Å². The standard InChI is InChI=1S/C21H42NO7P/c1-2-3-4-5-6-7-8-9-10-11-12-13-14-15-21(24)29-20(18-23)19-28-30(25,26)27-17-16-22/h7-8,20,23H,2-6,9-19,22H2,1H3,(H,25,26)/b8-7-/t20-/m1/s1. The predicted molar refractivity (Wildman–Crippen MR) is 118 cm³/mol. The molecule has 0 rings (SSSR count). The number of phosphoric ester groups is 1. The van der Waals surface area contributed by atoms with E-state index in [1.54, 1.807) is 0 Å². The molecule has 0 amide bonds. The van der Waals surface area contributed by atoms with Gasteiger partial charge in [-0.1, -0.05) is 57.6 Å². The van der Waals surface area contributed by atoms with E-state index in [9.17, 15) is 19.4 Å². The van der Waals surface area contributed by atoms with Crippen LogP contribution in [0.25, 0.3) is 0 Å². The SMILES string of the molecule is CCCCCC/C=C\CCCCCCCC(=O)O[C@H](CO)COP(=O)(O)OCCN. The zero-order valence-electron chi connectivity index (χ0n) is 18.5. The molecule has 8 nitrogen and oxygen atoms in total. The fraction of sp³-hybridized carbons (Fsp3) is 0.857. The summed E-state index contributed by atoms with van der Waals surface area (Å²) in [6.45, 7) is 1.23. The van der Waals surface area contributed by atoms with Gasteiger partial charge in [0.05, 0.1) is 19.8 Å². The first kappa shape index (κ1) is 29.2. The predicted octanol–water partition coefficient (Wildman–Crippen LogP) is 4.24. The van der Waals surface area contributed by atoms with E-state index in [2.05, 4.69) is 23.6 Å². The van der Waals surface area contributed by atoms with Crippen LogP contribution >= 0.6 is 7.82 Å². The van der Waals surface area contributed by atoms with Gasteiger partial charge in [-0.3, -0.25) is 13.8 Å². The van der Waals surface area contributed by atoms with Crippen LogP contribution < -0.4 is 5.73 Å². The van der Waals surface area contributed by atoms with Crippen molar-refractivity contribution in [3.05, 3.63) is 12.2 Å². The molecule has 0 aromatic rings. The second-order valence-electron chi connectivity index (χ2n) is 7.31. The van der Waals surface area contributed by atoms with E-state index in [-0.39, 0.29) is 19.6 Å². The molecule has 0 saturated heterocycles. The van der Waals surface area contributed by atoms with Crippen LogP contribution in [-0.2, 0) is 23.1 Å². The molecule has 9 heteroatoms. The van der Waals surface area contributed by atoms with Crippen molar-refractivity contribution < 1.29 is 33.1 Å². The Bertz CT molecular complexity index is 488. The topological polar surface area (TPSA) is 128 Å². The first-order chi connectivity index (χ1) is 14.4. The van der Waals surface area contributed by atoms with Gasteiger partial charge >= 0.3 is 13.8 Å². The average Bonchev–Trinajstić information content (AvgIpc) is 2.73. The monoisotopic (exact) mass is 451 g/mol. The zero-order valence-corrected chi connectivity index (χ0v) is 19.4. The van der Waals surface area contributed by atoms with Gasteiger partial charge in [0.25, 0.3) is 0 Å². The van der Waals surface area contributed by atoms with Crippen LogP contribution in [-0.4, -0.2) is 48.4 Å². The zero-order chi connectivity index (χ0) is 22.5. The van der Waals surface area contributed by atoms with Gasteiger partial charge in [-0.15, -0.1) is 0 Å². The van der Waals surface area contributed by atoms with Crippen molar-refractivity contribution in [1.29, 1.82) is 0 Å². The van der Waals surface area contributed by atoms with Gasteiger partial charge in [0.1, 0.15) is 6.10 Å². The fourth-order valence-corrected chi connectivity index (χ4v) is 3.50. The normalized spacial score (nSPS) is 14.7. The van der Waals surface area contributed by atoms with Gasteiger partial charge < -0.3 is 20.5 Å². The molecular weight excluding hydrogens is 409 g/mol. The van der Waals surface area contributed by atoms with Crippen LogP contribution in [0, 0.1) is 0 Å². The Labute approximate surface area is 181 Å². The average molecular weight is 452 g/mol. The smallest absolute Gasteiger partial charge is 0.457 e. The number of phosphoric acid groups is 1. The lowest BCUT2D eigenvalue weighted by molar-refractivity contribution is -0.153. The summed E-state index contributed by atoms with van der Waals surface area (Å²) >= 11 is 0. The molecule has 0 saturated carbocycles. The van der Waals surface area contributed by atoms with E-state index in [1.165, 1.54) is 32.1 Å². The quantitative estimate of drug-likeness (QED) is 0.102. The van der Waals surface area contributed by atoms with Gasteiger partial charge in [0, 0.05) is 13.0 Å². The number of hydrogen-bond donors (Lipinski definition) is 3. The highest BCUT2D eigenvalue weighted by Crippen LogP contribution is 2.42. The fourth-order valence-electron chi connectivity index (χ4n) is 2.74. The molecule has 4 N–H and O–H groups in total. The first-order valence-corrected chi connectivity index (χ1v) is 12.7. The molecule has 0 aliphatic heterocycles. The largest absolute Gasteiger partial charge is 0.472 e. The maximum absolute atomic E-state index is 11.8. The number of aliphatic hydroxyl groups is 1. The van der Waals surface area contributed by atoms with Crippen molar-refractivity contribution in [3.63, 3.8) is 0 Å². The number of allylic oxidation sites excluding steroid dienone is 2. The lowest BCUT2D eigenvalue weighted by atomic mass is 10.1. The van der Waals surface area contributed by atoms with E-state index < -0.39 is 33.1 Å². The second-order valence-corrected chi connectivity index (χ2v) is 8.76. The van der Waals surface area contributed by atoms with Crippen LogP contribution in [0.4, 0.5) is 0 Å². The number of carbonyl (C=O) groups excluding carboxylic acids is 1. The number of rotatable bonds is 21. The summed E-state index contributed by atoms with van der Waals surface area (Å²) in [5.74, 6) is -0.459. The van der Waals surface area contributed by atoms with Gasteiger partial charge in [0.15, 0.2) is 0 Å². The molecule has 0 aliphatic carbocycles. The highest BCUT2D eigenvalue weighted by atomic mass is 31.2. The summed E-state index contributed by atoms with van der Waals surface area (Å²) < 4.78 is 25.9. The summed E-state index contributed by atoms with van der Waals surface area (Å²) in [6.07, 6.45) is 16.3. The minimum absolute atomic E-state index is 0.0716. The maximum atomic E-state index is 11.8. The number of aliphatic hydroxyl groups excluding tert-OH is 1. The lowest BCUT2D eigenvalue weighted by Gasteiger charge is -2.17. The van der Waals surface area contributed by atoms with Crippen LogP contribution in [0.15, 0.2) is 12.2 Å². The number of ether oxygens (including phenoxy) is 1. The summed E-state index contributed by atoms with van der Waals surface area (Å²) in [7, 11) is -4.26. The molecule has 0 aromatic heterocycles. The van der Waals surface area contributed by atoms with E-state index >= 15 is 0 Å². The molecule has 178 valence electrons. The lowest BCUT2D eigenvalue weighted by Crippen LogP contribution is -2.27. The van der Waals surface area contributed by atoms with Crippen LogP contribution in [0.5, 0.6) is 0 Å². The van der Waals surface area contributed by atoms with Gasteiger partial charge in [-0.25, -0.2) is 4.57 Å². The minimum atomic E-state index is -4.26. The van der Waals surface area contributed by atoms with E-state index in [0.717, 1.165) is 32.1 Å². The third-order valence-corrected chi connectivity index (χ3v) is 5.42. The maximum Gasteiger partial charge on any atom is 0.472 e. The van der Waals surface area contributed by atoms with Crippen LogP contribution in [0.1, 0.15) is 84.0 Å². The second kappa shape index (κ2) is 20.2. The Balaban J connectivity index is 3.69. The molecule has 1 unspecified atom stereocenters. The summed E-state index contributed by atoms with van der Waals surface area (Å²) in [5.41, 5.74) is 5.18. The van der Waals surface area contributed by atoms with E-state index in [4.69, 9.17) is 15.0 Å². The molecule has 0 spiro atoms. The number of unbranched alkanes of at least 4 members (excludes halogenated alkanes) is 9. The minimum Gasteiger partial charge on any atom is -0.457 e. The number of hydrogen-bond acceptors (Lipinski definition) is 7. The molecule has 2 atom stereocenters. The van der Waals surface area contributed by atoms with Crippen molar-refractivity contribution in [2.24, 2.45) is 5.73 Å². The van der Waals surface area contributed by atoms with Crippen molar-refractivity contribution in [2.45, 2.75) is 90.1 Å². The number of esters is 1. The highest BCUT2D eigenvalue weighted by molar-refractivity contribution is 7.47. The van der Waals surface area contributed by atoms with Crippen LogP contribution in [0.3, 0.4) is 0 Å². The molecule has 0 radical (unpaired) electrons. The Hall–Kier alpha value is -0.760. The third-order valence-electron chi connectivity index (χ3n) is 4.44. The molecule has 0 bridgehead atoms. The molecule has 0 heterocycles. The van der Waals surface area contributed by atoms with Crippen molar-refractivity contribution in [1.82, 2.24) is 0 Å². The molecule has 30 heavy (non-hydrogen) atoms. The first-order valence-electron chi connectivity index (χ1n) is 11.2. The van der Waals surface area contributed by atoms with Crippen molar-refractivity contribution in [3.8, 4) is 0 Å². The highest BCUT2D eigenvalue weighted by Gasteiger charge is 2.24. The molecule has 0 aliphatic rings. The van der Waals surface area contributed by atoms with Crippen molar-refractivity contribution in [2.75, 3.05) is 26.4 Å². The Morgan fingerprint density at radius 2 is 1.60 bits per heavy atom. The third kappa shape index (κ3) is 19.2. The van der Waals surface area contributed by atoms with Crippen LogP contribution in [0.2, 0.25) is 0 Å². The van der Waals surface area contributed by atoms with Gasteiger partial charge in [0.2, 0.25) is 0 Å². The Morgan fingerprint density at radius 3 is 2.20 bits per heavy atom. The molecule has 0 aromatic carbocycles. The Kier molecular flexibility index (Phi) is 19.6. The molecular formula is C21H42NO7P. The van der Waals surface area contributed by atoms with Gasteiger partial charge in [-0.2, -0.15) is 0 Å². The van der Waals surface area contributed by atoms with E-state index in [0.29, 0.717) is 6.42 Å². The summed E-state index contributed by atoms with van der Waals surface area (Å²) in [4.78, 5) is 21.2. The number of nitrogens with two attached hydrogens (primary N) is 1. The van der Waals surface area contributed by atoms with E-state index in [1.807, 2.05) is 0 Å². The summed E-state index contributed by atoms with van der Waals surface area (Å²) in [6, 6.07) is 0. The summed E-state index contributed by atoms with van der Waals surface area (Å²) in [5, 5.41) is 9.24. The molecule has 0 fully saturated rings. The number of carbonyl (C=O) groups is 1. The Morgan fingerprint density at radius 1 is 1.00 bits per heavy atom.